The third-order valence-electron chi connectivity index (χ3n) is 6.18. The maximum absolute atomic E-state index is 6.68. The average molecular weight is 454 g/mol. The van der Waals surface area contributed by atoms with Gasteiger partial charge in [0, 0.05) is 23.5 Å². The van der Waals surface area contributed by atoms with Crippen molar-refractivity contribution in [1.82, 2.24) is 0 Å². The molecule has 0 saturated carbocycles. The molecule has 0 aromatic heterocycles. The van der Waals surface area contributed by atoms with Gasteiger partial charge in [0.2, 0.25) is 3.79 Å². The largest absolute Gasteiger partial charge is 0.342 e. The summed E-state index contributed by atoms with van der Waals surface area (Å²) in [6.07, 6.45) is -0.405. The summed E-state index contributed by atoms with van der Waals surface area (Å²) in [6, 6.07) is 9.19. The molecule has 5 heteroatoms. The van der Waals surface area contributed by atoms with Crippen LogP contribution < -0.4 is 9.80 Å². The molecule has 2 atom stereocenters. The monoisotopic (exact) mass is 452 g/mol. The Kier molecular flexibility index (Phi) is 6.13. The molecule has 0 bridgehead atoms. The lowest BCUT2D eigenvalue weighted by atomic mass is 10.0. The molecule has 0 N–H and O–H groups in total. The molecular formula is C24H31Cl3N2. The summed E-state index contributed by atoms with van der Waals surface area (Å²) in [5.74, 6) is 0. The first kappa shape index (κ1) is 22.6. The van der Waals surface area contributed by atoms with Crippen LogP contribution in [0.15, 0.2) is 24.3 Å². The van der Waals surface area contributed by atoms with E-state index in [0.29, 0.717) is 0 Å². The summed E-state index contributed by atoms with van der Waals surface area (Å²) in [7, 11) is 0. The predicted molar refractivity (Wildman–Crippen MR) is 129 cm³/mol. The zero-order valence-electron chi connectivity index (χ0n) is 18.6. The van der Waals surface area contributed by atoms with Crippen LogP contribution in [-0.4, -0.2) is 22.0 Å². The van der Waals surface area contributed by atoms with Gasteiger partial charge in [0.05, 0.1) is 0 Å². The average Bonchev–Trinajstić information content (AvgIpc) is 2.79. The van der Waals surface area contributed by atoms with Gasteiger partial charge < -0.3 is 9.80 Å². The number of hydrogen-bond acceptors (Lipinski definition) is 2. The van der Waals surface area contributed by atoms with Crippen LogP contribution in [0, 0.1) is 41.5 Å². The zero-order chi connectivity index (χ0) is 21.8. The second-order valence-corrected chi connectivity index (χ2v) is 11.1. The Balaban J connectivity index is 2.26. The van der Waals surface area contributed by atoms with Crippen molar-refractivity contribution < 1.29 is 0 Å². The number of alkyl halides is 3. The van der Waals surface area contributed by atoms with Crippen LogP contribution in [0.2, 0.25) is 0 Å². The predicted octanol–water partition coefficient (Wildman–Crippen LogP) is 7.34. The van der Waals surface area contributed by atoms with Crippen LogP contribution >= 0.6 is 34.8 Å². The molecule has 3 rings (SSSR count). The summed E-state index contributed by atoms with van der Waals surface area (Å²) in [5, 5.41) is 0. The molecule has 2 aromatic carbocycles. The van der Waals surface area contributed by atoms with Crippen molar-refractivity contribution in [1.29, 1.82) is 0 Å². The number of halogens is 3. The van der Waals surface area contributed by atoms with E-state index in [1.165, 1.54) is 33.4 Å². The smallest absolute Gasteiger partial charge is 0.228 e. The Labute approximate surface area is 190 Å². The Morgan fingerprint density at radius 3 is 1.14 bits per heavy atom. The topological polar surface area (TPSA) is 6.48 Å². The van der Waals surface area contributed by atoms with Crippen LogP contribution in [0.25, 0.3) is 0 Å². The third-order valence-corrected chi connectivity index (χ3v) is 6.77. The highest BCUT2D eigenvalue weighted by molar-refractivity contribution is 6.68. The van der Waals surface area contributed by atoms with Crippen molar-refractivity contribution in [2.75, 3.05) is 9.80 Å². The van der Waals surface area contributed by atoms with Gasteiger partial charge in [-0.15, -0.1) is 0 Å². The molecule has 1 aliphatic heterocycles. The van der Waals surface area contributed by atoms with Gasteiger partial charge in [0.1, 0.15) is 0 Å². The Hall–Kier alpha value is -1.09. The van der Waals surface area contributed by atoms with Gasteiger partial charge in [-0.1, -0.05) is 70.2 Å². The summed E-state index contributed by atoms with van der Waals surface area (Å²) in [6.45, 7) is 17.3. The summed E-state index contributed by atoms with van der Waals surface area (Å²) in [4.78, 5) is 4.64. The molecule has 0 spiro atoms. The maximum atomic E-state index is 6.68. The van der Waals surface area contributed by atoms with Crippen molar-refractivity contribution in [2.24, 2.45) is 0 Å². The van der Waals surface area contributed by atoms with Crippen LogP contribution in [0.1, 0.15) is 47.2 Å². The maximum Gasteiger partial charge on any atom is 0.228 e. The minimum Gasteiger partial charge on any atom is -0.342 e. The summed E-state index contributed by atoms with van der Waals surface area (Å²) in [5.41, 5.74) is 9.65. The molecule has 1 saturated heterocycles. The van der Waals surface area contributed by atoms with Crippen molar-refractivity contribution in [3.8, 4) is 0 Å². The highest BCUT2D eigenvalue weighted by Gasteiger charge is 2.53. The first-order chi connectivity index (χ1) is 13.3. The van der Waals surface area contributed by atoms with Crippen LogP contribution in [0.4, 0.5) is 11.4 Å². The molecule has 158 valence electrons. The first-order valence-corrected chi connectivity index (χ1v) is 11.3. The quantitative estimate of drug-likeness (QED) is 0.439. The normalized spacial score (nSPS) is 22.5. The standard InChI is InChI=1S/C24H31Cl3N2/c1-13-9-15(3)21(16(4)10-13)28-19(7)20(8)29(23(28)24(25,26)27)22-17(5)11-14(2)12-18(22)6/h9-12,19-20,23H,1-8H3. The van der Waals surface area contributed by atoms with Crippen LogP contribution in [0.3, 0.4) is 0 Å². The molecular weight excluding hydrogens is 423 g/mol. The van der Waals surface area contributed by atoms with E-state index in [9.17, 15) is 0 Å². The van der Waals surface area contributed by atoms with E-state index in [2.05, 4.69) is 89.5 Å². The molecule has 0 amide bonds. The number of rotatable bonds is 2. The van der Waals surface area contributed by atoms with Gasteiger partial charge in [-0.2, -0.15) is 0 Å². The summed E-state index contributed by atoms with van der Waals surface area (Å²) >= 11 is 20.0. The molecule has 0 radical (unpaired) electrons. The molecule has 0 aliphatic carbocycles. The second-order valence-electron chi connectivity index (χ2n) is 8.71. The Bertz CT molecular complexity index is 817. The van der Waals surface area contributed by atoms with E-state index in [0.717, 1.165) is 11.4 Å². The van der Waals surface area contributed by atoms with Gasteiger partial charge in [-0.05, 0) is 77.6 Å². The number of aryl methyl sites for hydroxylation is 6. The van der Waals surface area contributed by atoms with Gasteiger partial charge in [0.25, 0.3) is 0 Å². The molecule has 29 heavy (non-hydrogen) atoms. The molecule has 2 nitrogen and oxygen atoms in total. The van der Waals surface area contributed by atoms with Crippen LogP contribution in [-0.2, 0) is 0 Å². The number of hydrogen-bond donors (Lipinski definition) is 0. The molecule has 1 aliphatic rings. The number of nitrogens with zero attached hydrogens (tertiary/aromatic N) is 2. The molecule has 1 fully saturated rings. The zero-order valence-corrected chi connectivity index (χ0v) is 20.8. The highest BCUT2D eigenvalue weighted by atomic mass is 35.6. The number of benzene rings is 2. The van der Waals surface area contributed by atoms with Crippen molar-refractivity contribution in [3.05, 3.63) is 57.6 Å². The minimum atomic E-state index is -1.48. The lowest BCUT2D eigenvalue weighted by molar-refractivity contribution is 0.643. The highest BCUT2D eigenvalue weighted by Crippen LogP contribution is 2.48. The molecule has 2 aromatic rings. The van der Waals surface area contributed by atoms with E-state index >= 15 is 0 Å². The van der Waals surface area contributed by atoms with Gasteiger partial charge in [-0.3, -0.25) is 0 Å². The van der Waals surface area contributed by atoms with E-state index in [-0.39, 0.29) is 12.1 Å². The van der Waals surface area contributed by atoms with Crippen molar-refractivity contribution in [2.45, 2.75) is 77.4 Å². The van der Waals surface area contributed by atoms with Crippen molar-refractivity contribution >= 4 is 46.2 Å². The number of anilines is 2. The van der Waals surface area contributed by atoms with E-state index in [1.54, 1.807) is 0 Å². The Morgan fingerprint density at radius 1 is 0.621 bits per heavy atom. The van der Waals surface area contributed by atoms with E-state index in [4.69, 9.17) is 34.8 Å². The minimum absolute atomic E-state index is 0.177. The SMILES string of the molecule is Cc1cc(C)c(N2C(C)C(C)N(c3c(C)cc(C)cc3C)C2C(Cl)(Cl)Cl)c(C)c1. The summed E-state index contributed by atoms with van der Waals surface area (Å²) < 4.78 is -1.48. The van der Waals surface area contributed by atoms with Crippen LogP contribution in [0.5, 0.6) is 0 Å². The first-order valence-electron chi connectivity index (χ1n) is 10.1. The van der Waals surface area contributed by atoms with Crippen molar-refractivity contribution in [3.63, 3.8) is 0 Å². The fourth-order valence-electron chi connectivity index (χ4n) is 5.17. The fraction of sp³-hybridized carbons (Fsp3) is 0.500. The molecule has 2 unspecified atom stereocenters. The van der Waals surface area contributed by atoms with Gasteiger partial charge >= 0.3 is 0 Å². The van der Waals surface area contributed by atoms with Gasteiger partial charge in [-0.25, -0.2) is 0 Å². The van der Waals surface area contributed by atoms with Gasteiger partial charge in [0.15, 0.2) is 6.17 Å². The lowest BCUT2D eigenvalue weighted by Gasteiger charge is -2.40. The molecule has 1 heterocycles. The lowest BCUT2D eigenvalue weighted by Crippen LogP contribution is -2.50. The Morgan fingerprint density at radius 2 is 0.897 bits per heavy atom. The fourth-order valence-corrected chi connectivity index (χ4v) is 5.80. The second kappa shape index (κ2) is 7.87. The van der Waals surface area contributed by atoms with E-state index in [1.807, 2.05) is 0 Å². The third kappa shape index (κ3) is 3.96. The van der Waals surface area contributed by atoms with E-state index < -0.39 is 9.96 Å².